The first kappa shape index (κ1) is 18.3. The smallest absolute Gasteiger partial charge is 0.220 e. The van der Waals surface area contributed by atoms with Crippen LogP contribution in [0.25, 0.3) is 0 Å². The van der Waals surface area contributed by atoms with E-state index in [0.29, 0.717) is 25.3 Å². The number of carbonyl (C=O) groups is 1. The van der Waals surface area contributed by atoms with Gasteiger partial charge in [0.25, 0.3) is 0 Å². The summed E-state index contributed by atoms with van der Waals surface area (Å²) in [4.78, 5) is 11.7. The SMILES string of the molecule is COc1ccc(CCCC(=O)NCCOC(C)C)cc1OC. The molecule has 1 aromatic rings. The maximum atomic E-state index is 11.7. The Hall–Kier alpha value is -1.75. The van der Waals surface area contributed by atoms with E-state index in [9.17, 15) is 4.79 Å². The zero-order chi connectivity index (χ0) is 16.4. The van der Waals surface area contributed by atoms with Gasteiger partial charge in [0, 0.05) is 13.0 Å². The number of rotatable bonds is 10. The van der Waals surface area contributed by atoms with Crippen molar-refractivity contribution >= 4 is 5.91 Å². The van der Waals surface area contributed by atoms with Crippen molar-refractivity contribution in [3.63, 3.8) is 0 Å². The van der Waals surface area contributed by atoms with Crippen LogP contribution in [0.2, 0.25) is 0 Å². The lowest BCUT2D eigenvalue weighted by atomic mass is 10.1. The summed E-state index contributed by atoms with van der Waals surface area (Å²) in [5.41, 5.74) is 1.13. The molecule has 124 valence electrons. The third-order valence-corrected chi connectivity index (χ3v) is 3.19. The lowest BCUT2D eigenvalue weighted by Gasteiger charge is -2.10. The van der Waals surface area contributed by atoms with Gasteiger partial charge in [-0.3, -0.25) is 4.79 Å². The van der Waals surface area contributed by atoms with E-state index >= 15 is 0 Å². The molecule has 0 spiro atoms. The van der Waals surface area contributed by atoms with E-state index in [1.807, 2.05) is 32.0 Å². The van der Waals surface area contributed by atoms with Gasteiger partial charge in [0.05, 0.1) is 26.9 Å². The Morgan fingerprint density at radius 1 is 1.18 bits per heavy atom. The molecule has 1 rings (SSSR count). The van der Waals surface area contributed by atoms with Gasteiger partial charge >= 0.3 is 0 Å². The van der Waals surface area contributed by atoms with Crippen LogP contribution in [-0.2, 0) is 16.0 Å². The molecule has 5 heteroatoms. The first-order chi connectivity index (χ1) is 10.6. The predicted octanol–water partition coefficient (Wildman–Crippen LogP) is 2.57. The topological polar surface area (TPSA) is 56.8 Å². The molecule has 0 bridgehead atoms. The molecule has 1 aromatic carbocycles. The fourth-order valence-corrected chi connectivity index (χ4v) is 2.06. The van der Waals surface area contributed by atoms with Crippen molar-refractivity contribution in [1.29, 1.82) is 0 Å². The molecule has 0 atom stereocenters. The second kappa shape index (κ2) is 10.1. The van der Waals surface area contributed by atoms with E-state index in [1.54, 1.807) is 14.2 Å². The molecule has 0 fully saturated rings. The lowest BCUT2D eigenvalue weighted by molar-refractivity contribution is -0.121. The molecule has 0 aliphatic heterocycles. The number of ether oxygens (including phenoxy) is 3. The van der Waals surface area contributed by atoms with E-state index < -0.39 is 0 Å². The second-order valence-corrected chi connectivity index (χ2v) is 5.31. The average molecular weight is 309 g/mol. The van der Waals surface area contributed by atoms with Crippen LogP contribution in [0.4, 0.5) is 0 Å². The number of carbonyl (C=O) groups excluding carboxylic acids is 1. The molecule has 0 unspecified atom stereocenters. The lowest BCUT2D eigenvalue weighted by Crippen LogP contribution is -2.27. The summed E-state index contributed by atoms with van der Waals surface area (Å²) in [6, 6.07) is 5.83. The predicted molar refractivity (Wildman–Crippen MR) is 86.6 cm³/mol. The van der Waals surface area contributed by atoms with E-state index in [0.717, 1.165) is 24.2 Å². The van der Waals surface area contributed by atoms with Crippen LogP contribution in [0.15, 0.2) is 18.2 Å². The number of benzene rings is 1. The first-order valence-electron chi connectivity index (χ1n) is 7.66. The van der Waals surface area contributed by atoms with Crippen molar-refractivity contribution in [1.82, 2.24) is 5.32 Å². The number of methoxy groups -OCH3 is 2. The Morgan fingerprint density at radius 3 is 2.55 bits per heavy atom. The minimum atomic E-state index is 0.0628. The standard InChI is InChI=1S/C17H27NO4/c1-13(2)22-11-10-18-17(19)7-5-6-14-8-9-15(20-3)16(12-14)21-4/h8-9,12-13H,5-7,10-11H2,1-4H3,(H,18,19). The van der Waals surface area contributed by atoms with Gasteiger partial charge in [-0.15, -0.1) is 0 Å². The van der Waals surface area contributed by atoms with Crippen molar-refractivity contribution in [3.05, 3.63) is 23.8 Å². The summed E-state index contributed by atoms with van der Waals surface area (Å²) in [6.45, 7) is 5.07. The Morgan fingerprint density at radius 2 is 1.91 bits per heavy atom. The number of aryl methyl sites for hydroxylation is 1. The van der Waals surface area contributed by atoms with E-state index in [2.05, 4.69) is 5.32 Å². The molecular weight excluding hydrogens is 282 g/mol. The maximum absolute atomic E-state index is 11.7. The molecule has 22 heavy (non-hydrogen) atoms. The number of hydrogen-bond acceptors (Lipinski definition) is 4. The molecule has 0 saturated carbocycles. The second-order valence-electron chi connectivity index (χ2n) is 5.31. The maximum Gasteiger partial charge on any atom is 0.220 e. The quantitative estimate of drug-likeness (QED) is 0.675. The van der Waals surface area contributed by atoms with Crippen molar-refractivity contribution in [2.24, 2.45) is 0 Å². The van der Waals surface area contributed by atoms with Crippen LogP contribution in [0.3, 0.4) is 0 Å². The molecule has 0 radical (unpaired) electrons. The van der Waals surface area contributed by atoms with E-state index in [4.69, 9.17) is 14.2 Å². The minimum Gasteiger partial charge on any atom is -0.493 e. The number of nitrogens with one attached hydrogen (secondary N) is 1. The summed E-state index contributed by atoms with van der Waals surface area (Å²) < 4.78 is 15.8. The Kier molecular flexibility index (Phi) is 8.36. The molecule has 0 aliphatic carbocycles. The van der Waals surface area contributed by atoms with Gasteiger partial charge in [-0.1, -0.05) is 6.07 Å². The normalized spacial score (nSPS) is 10.6. The fourth-order valence-electron chi connectivity index (χ4n) is 2.06. The first-order valence-corrected chi connectivity index (χ1v) is 7.66. The van der Waals surface area contributed by atoms with Gasteiger partial charge in [-0.25, -0.2) is 0 Å². The molecular formula is C17H27NO4. The van der Waals surface area contributed by atoms with Crippen molar-refractivity contribution in [2.75, 3.05) is 27.4 Å². The molecule has 0 saturated heterocycles. The van der Waals surface area contributed by atoms with Crippen molar-refractivity contribution < 1.29 is 19.0 Å². The number of amides is 1. The van der Waals surface area contributed by atoms with Crippen LogP contribution in [0, 0.1) is 0 Å². The molecule has 1 amide bonds. The molecule has 1 N–H and O–H groups in total. The van der Waals surface area contributed by atoms with Gasteiger partial charge < -0.3 is 19.5 Å². The third-order valence-electron chi connectivity index (χ3n) is 3.19. The third kappa shape index (κ3) is 6.80. The van der Waals surface area contributed by atoms with Crippen LogP contribution in [0.5, 0.6) is 11.5 Å². The fraction of sp³-hybridized carbons (Fsp3) is 0.588. The van der Waals surface area contributed by atoms with Gasteiger partial charge in [0.15, 0.2) is 11.5 Å². The van der Waals surface area contributed by atoms with Crippen molar-refractivity contribution in [3.8, 4) is 11.5 Å². The highest BCUT2D eigenvalue weighted by molar-refractivity contribution is 5.75. The molecule has 0 aromatic heterocycles. The summed E-state index contributed by atoms with van der Waals surface area (Å²) in [5.74, 6) is 1.50. The van der Waals surface area contributed by atoms with Gasteiger partial charge in [-0.2, -0.15) is 0 Å². The van der Waals surface area contributed by atoms with Crippen LogP contribution in [0.1, 0.15) is 32.3 Å². The van der Waals surface area contributed by atoms with Crippen LogP contribution >= 0.6 is 0 Å². The highest BCUT2D eigenvalue weighted by Gasteiger charge is 2.06. The van der Waals surface area contributed by atoms with Crippen molar-refractivity contribution in [2.45, 2.75) is 39.2 Å². The highest BCUT2D eigenvalue weighted by Crippen LogP contribution is 2.28. The summed E-state index contributed by atoms with van der Waals surface area (Å²) in [6.07, 6.45) is 2.33. The molecule has 0 heterocycles. The zero-order valence-electron chi connectivity index (χ0n) is 14.0. The highest BCUT2D eigenvalue weighted by atomic mass is 16.5. The molecule has 0 aliphatic rings. The average Bonchev–Trinajstić information content (AvgIpc) is 2.51. The Bertz CT molecular complexity index is 460. The van der Waals surface area contributed by atoms with Gasteiger partial charge in [0.1, 0.15) is 0 Å². The monoisotopic (exact) mass is 309 g/mol. The minimum absolute atomic E-state index is 0.0628. The van der Waals surface area contributed by atoms with Crippen LogP contribution in [-0.4, -0.2) is 39.4 Å². The molecule has 5 nitrogen and oxygen atoms in total. The Labute approximate surface area is 132 Å². The van der Waals surface area contributed by atoms with Gasteiger partial charge in [0.2, 0.25) is 5.91 Å². The largest absolute Gasteiger partial charge is 0.493 e. The van der Waals surface area contributed by atoms with Crippen LogP contribution < -0.4 is 14.8 Å². The van der Waals surface area contributed by atoms with Gasteiger partial charge in [-0.05, 0) is 44.4 Å². The van der Waals surface area contributed by atoms with E-state index in [1.165, 1.54) is 0 Å². The van der Waals surface area contributed by atoms with E-state index in [-0.39, 0.29) is 12.0 Å². The number of hydrogen-bond donors (Lipinski definition) is 1. The zero-order valence-corrected chi connectivity index (χ0v) is 14.0. The Balaban J connectivity index is 2.27. The summed E-state index contributed by atoms with van der Waals surface area (Å²) >= 11 is 0. The summed E-state index contributed by atoms with van der Waals surface area (Å²) in [5, 5.41) is 2.86. The summed E-state index contributed by atoms with van der Waals surface area (Å²) in [7, 11) is 3.24.